The molecule has 1 aromatic carbocycles. The van der Waals surface area contributed by atoms with Crippen molar-refractivity contribution in [2.45, 2.75) is 12.7 Å². The summed E-state index contributed by atoms with van der Waals surface area (Å²) in [5, 5.41) is 10.8. The van der Waals surface area contributed by atoms with Crippen molar-refractivity contribution in [1.29, 1.82) is 0 Å². The Labute approximate surface area is 123 Å². The molecule has 0 radical (unpaired) electrons. The van der Waals surface area contributed by atoms with Gasteiger partial charge >= 0.3 is 6.18 Å². The van der Waals surface area contributed by atoms with Crippen LogP contribution in [0.2, 0.25) is 0 Å². The van der Waals surface area contributed by atoms with Gasteiger partial charge in [-0.25, -0.2) is 14.6 Å². The lowest BCUT2D eigenvalue weighted by molar-refractivity contribution is -0.137. The first kappa shape index (κ1) is 14.2. The molecular formula is C13H11F3N6. The van der Waals surface area contributed by atoms with Crippen LogP contribution in [0, 0.1) is 0 Å². The zero-order valence-electron chi connectivity index (χ0n) is 11.5. The molecule has 0 unspecified atom stereocenters. The van der Waals surface area contributed by atoms with Gasteiger partial charge < -0.3 is 5.32 Å². The number of anilines is 1. The Morgan fingerprint density at radius 2 is 1.86 bits per heavy atom. The van der Waals surface area contributed by atoms with Crippen LogP contribution in [0.25, 0.3) is 11.2 Å². The highest BCUT2D eigenvalue weighted by molar-refractivity contribution is 5.81. The maximum atomic E-state index is 12.5. The number of alkyl halides is 3. The van der Waals surface area contributed by atoms with Crippen LogP contribution in [0.5, 0.6) is 0 Å². The molecule has 0 saturated carbocycles. The second-order valence-corrected chi connectivity index (χ2v) is 4.59. The molecular weight excluding hydrogens is 297 g/mol. The molecule has 9 heteroatoms. The van der Waals surface area contributed by atoms with Crippen molar-refractivity contribution in [3.05, 3.63) is 41.7 Å². The first-order valence-electron chi connectivity index (χ1n) is 6.37. The lowest BCUT2D eigenvalue weighted by atomic mass is 10.1. The van der Waals surface area contributed by atoms with Gasteiger partial charge in [0.15, 0.2) is 17.0 Å². The van der Waals surface area contributed by atoms with Gasteiger partial charge in [0.25, 0.3) is 0 Å². The smallest absolute Gasteiger partial charge is 0.371 e. The van der Waals surface area contributed by atoms with Gasteiger partial charge in [0.2, 0.25) is 0 Å². The topological polar surface area (TPSA) is 68.5 Å². The summed E-state index contributed by atoms with van der Waals surface area (Å²) in [6.45, 7) is 0.273. The molecule has 0 fully saturated rings. The zero-order chi connectivity index (χ0) is 15.7. The van der Waals surface area contributed by atoms with Crippen LogP contribution in [-0.4, -0.2) is 32.0 Å². The Morgan fingerprint density at radius 1 is 1.14 bits per heavy atom. The number of hydrogen-bond acceptors (Lipinski definition) is 5. The Kier molecular flexibility index (Phi) is 3.39. The largest absolute Gasteiger partial charge is 0.416 e. The van der Waals surface area contributed by atoms with Crippen molar-refractivity contribution in [1.82, 2.24) is 25.0 Å². The van der Waals surface area contributed by atoms with E-state index in [2.05, 4.69) is 25.6 Å². The van der Waals surface area contributed by atoms with E-state index in [0.717, 1.165) is 12.1 Å². The molecule has 0 aliphatic heterocycles. The predicted octanol–water partition coefficient (Wildman–Crippen LogP) is 2.33. The fraction of sp³-hybridized carbons (Fsp3) is 0.231. The van der Waals surface area contributed by atoms with Gasteiger partial charge in [-0.15, -0.1) is 5.10 Å². The lowest BCUT2D eigenvalue weighted by Crippen LogP contribution is -2.06. The Balaban J connectivity index is 1.90. The Hall–Kier alpha value is -2.71. The van der Waals surface area contributed by atoms with Crippen LogP contribution in [0.4, 0.5) is 19.0 Å². The highest BCUT2D eigenvalue weighted by Gasteiger charge is 2.29. The van der Waals surface area contributed by atoms with E-state index in [4.69, 9.17) is 0 Å². The third-order valence-electron chi connectivity index (χ3n) is 3.15. The number of fused-ring (bicyclic) bond motifs is 1. The predicted molar refractivity (Wildman–Crippen MR) is 73.2 cm³/mol. The van der Waals surface area contributed by atoms with Gasteiger partial charge in [-0.2, -0.15) is 13.2 Å². The second kappa shape index (κ2) is 5.24. The second-order valence-electron chi connectivity index (χ2n) is 4.59. The fourth-order valence-electron chi connectivity index (χ4n) is 2.05. The molecule has 3 aromatic rings. The van der Waals surface area contributed by atoms with Crippen molar-refractivity contribution in [3.8, 4) is 0 Å². The summed E-state index contributed by atoms with van der Waals surface area (Å²) in [4.78, 5) is 8.13. The van der Waals surface area contributed by atoms with E-state index in [1.807, 2.05) is 0 Å². The third kappa shape index (κ3) is 2.57. The highest BCUT2D eigenvalue weighted by Crippen LogP contribution is 2.29. The van der Waals surface area contributed by atoms with Crippen LogP contribution < -0.4 is 5.32 Å². The number of benzene rings is 1. The van der Waals surface area contributed by atoms with Gasteiger partial charge in [0.05, 0.1) is 12.1 Å². The number of halogens is 3. The summed E-state index contributed by atoms with van der Waals surface area (Å²) in [5.41, 5.74) is 1.01. The van der Waals surface area contributed by atoms with Crippen LogP contribution in [-0.2, 0) is 12.7 Å². The standard InChI is InChI=1S/C13H11F3N6/c1-17-11-10-12(19-7-18-11)22(21-20-10)6-8-2-4-9(5-3-8)13(14,15)16/h2-5,7H,6H2,1H3,(H,17,18,19). The maximum absolute atomic E-state index is 12.5. The van der Waals surface area contributed by atoms with Crippen molar-refractivity contribution in [2.75, 3.05) is 12.4 Å². The summed E-state index contributed by atoms with van der Waals surface area (Å²) in [6.07, 6.45) is -2.96. The molecule has 1 N–H and O–H groups in total. The SMILES string of the molecule is CNc1ncnc2c1nnn2Cc1ccc(C(F)(F)F)cc1. The summed E-state index contributed by atoms with van der Waals surface area (Å²) in [7, 11) is 1.71. The minimum absolute atomic E-state index is 0.273. The Bertz CT molecular complexity index is 794. The van der Waals surface area contributed by atoms with E-state index < -0.39 is 11.7 Å². The van der Waals surface area contributed by atoms with Gasteiger partial charge in [-0.1, -0.05) is 17.3 Å². The molecule has 22 heavy (non-hydrogen) atoms. The average molecular weight is 308 g/mol. The first-order chi connectivity index (χ1) is 10.5. The highest BCUT2D eigenvalue weighted by atomic mass is 19.4. The molecule has 2 aromatic heterocycles. The minimum Gasteiger partial charge on any atom is -0.371 e. The Morgan fingerprint density at radius 3 is 2.50 bits per heavy atom. The van der Waals surface area contributed by atoms with Crippen LogP contribution >= 0.6 is 0 Å². The molecule has 114 valence electrons. The van der Waals surface area contributed by atoms with E-state index >= 15 is 0 Å². The van der Waals surface area contributed by atoms with Crippen molar-refractivity contribution in [2.24, 2.45) is 0 Å². The zero-order valence-corrected chi connectivity index (χ0v) is 11.5. The summed E-state index contributed by atoms with van der Waals surface area (Å²) < 4.78 is 39.1. The van der Waals surface area contributed by atoms with E-state index in [1.165, 1.54) is 23.1 Å². The summed E-state index contributed by atoms with van der Waals surface area (Å²) in [5.74, 6) is 0.545. The molecule has 0 aliphatic carbocycles. The number of rotatable bonds is 3. The molecule has 0 amide bonds. The third-order valence-corrected chi connectivity index (χ3v) is 3.15. The maximum Gasteiger partial charge on any atom is 0.416 e. The van der Waals surface area contributed by atoms with E-state index in [-0.39, 0.29) is 6.54 Å². The van der Waals surface area contributed by atoms with Gasteiger partial charge in [-0.05, 0) is 17.7 Å². The minimum atomic E-state index is -4.34. The molecule has 6 nitrogen and oxygen atoms in total. The number of nitrogens with zero attached hydrogens (tertiary/aromatic N) is 5. The summed E-state index contributed by atoms with van der Waals surface area (Å²) in [6, 6.07) is 4.91. The van der Waals surface area contributed by atoms with Crippen LogP contribution in [0.15, 0.2) is 30.6 Å². The molecule has 0 spiro atoms. The number of aromatic nitrogens is 5. The number of nitrogens with one attached hydrogen (secondary N) is 1. The monoisotopic (exact) mass is 308 g/mol. The molecule has 0 aliphatic rings. The van der Waals surface area contributed by atoms with Gasteiger partial charge in [0, 0.05) is 7.05 Å². The normalized spacial score (nSPS) is 11.8. The first-order valence-corrected chi connectivity index (χ1v) is 6.37. The van der Waals surface area contributed by atoms with Crippen LogP contribution in [0.1, 0.15) is 11.1 Å². The van der Waals surface area contributed by atoms with Crippen molar-refractivity contribution >= 4 is 17.0 Å². The van der Waals surface area contributed by atoms with Gasteiger partial charge in [-0.3, -0.25) is 0 Å². The fourth-order valence-corrected chi connectivity index (χ4v) is 2.05. The van der Waals surface area contributed by atoms with Crippen molar-refractivity contribution < 1.29 is 13.2 Å². The number of hydrogen-bond donors (Lipinski definition) is 1. The molecule has 3 rings (SSSR count). The molecule has 2 heterocycles. The summed E-state index contributed by atoms with van der Waals surface area (Å²) >= 11 is 0. The van der Waals surface area contributed by atoms with Gasteiger partial charge in [0.1, 0.15) is 6.33 Å². The van der Waals surface area contributed by atoms with E-state index in [9.17, 15) is 13.2 Å². The van der Waals surface area contributed by atoms with E-state index in [1.54, 1.807) is 7.05 Å². The quantitative estimate of drug-likeness (QED) is 0.804. The van der Waals surface area contributed by atoms with Crippen molar-refractivity contribution in [3.63, 3.8) is 0 Å². The molecule has 0 atom stereocenters. The van der Waals surface area contributed by atoms with Crippen LogP contribution in [0.3, 0.4) is 0 Å². The molecule has 0 saturated heterocycles. The van der Waals surface area contributed by atoms with E-state index in [0.29, 0.717) is 22.5 Å². The average Bonchev–Trinajstić information content (AvgIpc) is 2.90. The lowest BCUT2D eigenvalue weighted by Gasteiger charge is -2.07. The molecule has 0 bridgehead atoms.